The monoisotopic (exact) mass is 763 g/mol. The summed E-state index contributed by atoms with van der Waals surface area (Å²) in [6.07, 6.45) is -4.66. The maximum absolute atomic E-state index is 14.8. The third kappa shape index (κ3) is 9.69. The molecule has 272 valence electrons. The highest BCUT2D eigenvalue weighted by molar-refractivity contribution is 6.30. The second-order valence-corrected chi connectivity index (χ2v) is 13.2. The van der Waals surface area contributed by atoms with E-state index in [9.17, 15) is 22.8 Å². The van der Waals surface area contributed by atoms with E-state index in [0.717, 1.165) is 11.1 Å². The lowest BCUT2D eigenvalue weighted by Crippen LogP contribution is -2.55. The molecule has 2 aliphatic heterocycles. The van der Waals surface area contributed by atoms with E-state index in [2.05, 4.69) is 5.92 Å². The van der Waals surface area contributed by atoms with Gasteiger partial charge in [-0.25, -0.2) is 4.79 Å². The Kier molecular flexibility index (Phi) is 13.3. The molecule has 2 aliphatic rings. The highest BCUT2D eigenvalue weighted by atomic mass is 35.5. The minimum atomic E-state index is -4.66. The van der Waals surface area contributed by atoms with E-state index >= 15 is 0 Å². The zero-order chi connectivity index (χ0) is 36.2. The van der Waals surface area contributed by atoms with Gasteiger partial charge in [0.05, 0.1) is 24.8 Å². The van der Waals surface area contributed by atoms with Crippen molar-refractivity contribution in [2.75, 3.05) is 46.4 Å². The number of piperazine rings is 1. The van der Waals surface area contributed by atoms with Crippen LogP contribution in [0.2, 0.25) is 10.0 Å². The van der Waals surface area contributed by atoms with E-state index in [0.29, 0.717) is 47.6 Å². The Morgan fingerprint density at radius 2 is 1.55 bits per heavy atom. The number of halogens is 6. The van der Waals surface area contributed by atoms with Crippen LogP contribution in [0.5, 0.6) is 5.75 Å². The van der Waals surface area contributed by atoms with E-state index in [1.165, 1.54) is 18.1 Å². The van der Waals surface area contributed by atoms with E-state index in [4.69, 9.17) is 32.9 Å². The van der Waals surface area contributed by atoms with Crippen molar-refractivity contribution in [3.8, 4) is 17.6 Å². The number of nitrogens with zero attached hydrogens (tertiary/aromatic N) is 5. The highest BCUT2D eigenvalue weighted by Crippen LogP contribution is 2.45. The maximum atomic E-state index is 14.8. The first-order chi connectivity index (χ1) is 23.8. The fourth-order valence-corrected chi connectivity index (χ4v) is 6.15. The van der Waals surface area contributed by atoms with Crippen LogP contribution in [0.1, 0.15) is 55.1 Å². The molecule has 1 fully saturated rings. The Morgan fingerprint density at radius 1 is 0.961 bits per heavy atom. The van der Waals surface area contributed by atoms with Crippen molar-refractivity contribution >= 4 is 53.4 Å². The third-order valence-corrected chi connectivity index (χ3v) is 9.24. The summed E-state index contributed by atoms with van der Waals surface area (Å²) < 4.78 is 44.7. The van der Waals surface area contributed by atoms with Gasteiger partial charge in [-0.05, 0) is 74.4 Å². The Labute approximate surface area is 312 Å². The van der Waals surface area contributed by atoms with Crippen molar-refractivity contribution in [2.45, 2.75) is 45.1 Å². The third-order valence-electron chi connectivity index (χ3n) is 8.74. The van der Waals surface area contributed by atoms with Gasteiger partial charge in [0.15, 0.2) is 0 Å². The molecule has 51 heavy (non-hydrogen) atoms. The molecule has 0 spiro atoms. The molecule has 8 nitrogen and oxygen atoms in total. The molecule has 0 unspecified atom stereocenters. The Balaban J connectivity index is 0.00000583. The topological polar surface area (TPSA) is 68.7 Å². The molecular weight excluding hydrogens is 726 g/mol. The van der Waals surface area contributed by atoms with Gasteiger partial charge in [-0.3, -0.25) is 19.6 Å². The zero-order valence-corrected chi connectivity index (χ0v) is 30.9. The molecule has 3 aromatic rings. The minimum Gasteiger partial charge on any atom is -0.493 e. The van der Waals surface area contributed by atoms with Crippen molar-refractivity contribution in [1.29, 1.82) is 0 Å². The lowest BCUT2D eigenvalue weighted by Gasteiger charge is -2.39. The lowest BCUT2D eigenvalue weighted by atomic mass is 9.93. The number of carbonyl (C=O) groups excluding carboxylic acids is 2. The summed E-state index contributed by atoms with van der Waals surface area (Å²) in [4.78, 5) is 39.8. The summed E-state index contributed by atoms with van der Waals surface area (Å²) in [5.74, 6) is 4.00. The number of urea groups is 1. The largest absolute Gasteiger partial charge is 0.493 e. The summed E-state index contributed by atoms with van der Waals surface area (Å²) in [6.45, 7) is 7.84. The van der Waals surface area contributed by atoms with Crippen LogP contribution in [0.4, 0.5) is 18.0 Å². The van der Waals surface area contributed by atoms with Crippen LogP contribution < -0.4 is 4.74 Å². The minimum absolute atomic E-state index is 0. The predicted molar refractivity (Wildman–Crippen MR) is 196 cm³/mol. The van der Waals surface area contributed by atoms with Crippen LogP contribution in [-0.4, -0.2) is 96.0 Å². The fraction of sp³-hybridized carbons (Fsp3) is 0.378. The number of hydrogen-bond acceptors (Lipinski definition) is 5. The standard InChI is InChI=1S/C37H38Cl2F3N5O3.ClH/c1-5-50-31-22-25(16-17-37(40,41)42)6-15-30(31)35-43-33(26-7-11-28(38)12-8-26)34(27-9-13-29(39)14-10-27)47(35)36(49)46-20-18-45(19-21-46)23-32(48)44(4)24(2)3;/h6-15,22,24,33-34H,5,18-21,23H2,1-4H3;1H/t33-,34+;/m0./s1. The fourth-order valence-electron chi connectivity index (χ4n) is 5.90. The molecule has 0 aliphatic carbocycles. The van der Waals surface area contributed by atoms with Gasteiger partial charge >= 0.3 is 12.2 Å². The van der Waals surface area contributed by atoms with E-state index in [-0.39, 0.29) is 54.9 Å². The van der Waals surface area contributed by atoms with Crippen molar-refractivity contribution in [2.24, 2.45) is 4.99 Å². The van der Waals surface area contributed by atoms with Crippen LogP contribution >= 0.6 is 35.6 Å². The summed E-state index contributed by atoms with van der Waals surface area (Å²) >= 11 is 12.5. The summed E-state index contributed by atoms with van der Waals surface area (Å²) in [5.41, 5.74) is 2.09. The predicted octanol–water partition coefficient (Wildman–Crippen LogP) is 7.88. The van der Waals surface area contributed by atoms with E-state index in [1.807, 2.05) is 43.0 Å². The normalized spacial score (nSPS) is 17.7. The number of rotatable bonds is 8. The number of amides is 3. The molecule has 3 aromatic carbocycles. The lowest BCUT2D eigenvalue weighted by molar-refractivity contribution is -0.132. The van der Waals surface area contributed by atoms with Crippen molar-refractivity contribution in [3.63, 3.8) is 0 Å². The average Bonchev–Trinajstić information content (AvgIpc) is 3.47. The highest BCUT2D eigenvalue weighted by Gasteiger charge is 2.45. The number of aliphatic imine (C=N–C) groups is 1. The van der Waals surface area contributed by atoms with Gasteiger partial charge < -0.3 is 14.5 Å². The van der Waals surface area contributed by atoms with E-state index < -0.39 is 18.3 Å². The second-order valence-electron chi connectivity index (χ2n) is 12.4. The summed E-state index contributed by atoms with van der Waals surface area (Å²) in [7, 11) is 1.78. The zero-order valence-electron chi connectivity index (χ0n) is 28.6. The first-order valence-corrected chi connectivity index (χ1v) is 17.0. The molecule has 1 saturated heterocycles. The van der Waals surface area contributed by atoms with Crippen LogP contribution in [0.3, 0.4) is 0 Å². The number of amidine groups is 1. The quantitative estimate of drug-likeness (QED) is 0.219. The Hall–Kier alpha value is -3.95. The number of likely N-dealkylation sites (N-methyl/N-ethyl adjacent to an activating group) is 1. The number of alkyl halides is 3. The Morgan fingerprint density at radius 3 is 2.10 bits per heavy atom. The van der Waals surface area contributed by atoms with Crippen LogP contribution in [-0.2, 0) is 4.79 Å². The smallest absolute Gasteiger partial charge is 0.458 e. The molecular formula is C37H39Cl3F3N5O3. The maximum Gasteiger partial charge on any atom is 0.458 e. The number of hydrogen-bond donors (Lipinski definition) is 0. The van der Waals surface area contributed by atoms with Crippen molar-refractivity contribution in [3.05, 3.63) is 99.0 Å². The molecule has 2 atom stereocenters. The first kappa shape index (κ1) is 39.8. The summed E-state index contributed by atoms with van der Waals surface area (Å²) in [5, 5.41) is 1.06. The van der Waals surface area contributed by atoms with Crippen molar-refractivity contribution in [1.82, 2.24) is 19.6 Å². The molecule has 3 amide bonds. The van der Waals surface area contributed by atoms with Crippen LogP contribution in [0, 0.1) is 11.8 Å². The van der Waals surface area contributed by atoms with E-state index in [1.54, 1.807) is 59.0 Å². The SMILES string of the molecule is CCOc1cc(C#CC(F)(F)F)ccc1C1=N[C@@H](c2ccc(Cl)cc2)[C@@H](c2ccc(Cl)cc2)N1C(=O)N1CCN(CC(=O)N(C)C(C)C)CC1.Cl. The number of carbonyl (C=O) groups is 2. The molecule has 0 saturated carbocycles. The van der Waals surface area contributed by atoms with Gasteiger partial charge in [0.2, 0.25) is 5.91 Å². The number of ether oxygens (including phenoxy) is 1. The number of benzene rings is 3. The molecule has 0 bridgehead atoms. The van der Waals surface area contributed by atoms with Gasteiger partial charge in [-0.2, -0.15) is 13.2 Å². The first-order valence-electron chi connectivity index (χ1n) is 16.3. The molecule has 14 heteroatoms. The molecule has 2 heterocycles. The molecule has 0 aromatic heterocycles. The van der Waals surface area contributed by atoms with Crippen molar-refractivity contribution < 1.29 is 27.5 Å². The average molecular weight is 765 g/mol. The second kappa shape index (κ2) is 17.0. The van der Waals surface area contributed by atoms with Crippen LogP contribution in [0.25, 0.3) is 0 Å². The molecule has 5 rings (SSSR count). The molecule has 0 N–H and O–H groups in total. The Bertz CT molecular complexity index is 1790. The molecule has 0 radical (unpaired) electrons. The van der Waals surface area contributed by atoms with Gasteiger partial charge in [0.25, 0.3) is 0 Å². The van der Waals surface area contributed by atoms with Gasteiger partial charge in [-0.15, -0.1) is 12.4 Å². The summed E-state index contributed by atoms with van der Waals surface area (Å²) in [6, 6.07) is 17.4. The van der Waals surface area contributed by atoms with Gasteiger partial charge in [0, 0.05) is 60.8 Å². The van der Waals surface area contributed by atoms with Gasteiger partial charge in [0.1, 0.15) is 17.6 Å². The van der Waals surface area contributed by atoms with Gasteiger partial charge in [-0.1, -0.05) is 53.4 Å². The van der Waals surface area contributed by atoms with Crippen LogP contribution in [0.15, 0.2) is 71.7 Å².